The zero-order chi connectivity index (χ0) is 13.7. The summed E-state index contributed by atoms with van der Waals surface area (Å²) in [5, 5.41) is 38.0. The maximum Gasteiger partial charge on any atom is 2.00 e. The predicted octanol–water partition coefficient (Wildman–Crippen LogP) is -5.42. The van der Waals surface area contributed by atoms with Crippen molar-refractivity contribution in [2.75, 3.05) is 0 Å². The molecule has 0 bridgehead atoms. The molecule has 2 amide bonds. The molecular formula is C4H8CuN10O6. The number of rotatable bonds is 2. The van der Waals surface area contributed by atoms with Crippen LogP contribution >= 0.6 is 0 Å². The first kappa shape index (κ1) is 23.2. The van der Waals surface area contributed by atoms with Crippen LogP contribution in [0.25, 0.3) is 0 Å². The predicted molar refractivity (Wildman–Crippen MR) is 57.4 cm³/mol. The average molecular weight is 356 g/mol. The molecule has 0 spiro atoms. The molecule has 0 fully saturated rings. The number of carbonyl (C=O) groups is 2. The maximum atomic E-state index is 10.2. The van der Waals surface area contributed by atoms with E-state index in [1.54, 1.807) is 0 Å². The topological polar surface area (TPSA) is 282 Å². The first-order chi connectivity index (χ1) is 8.43. The Kier molecular flexibility index (Phi) is 11.0. The van der Waals surface area contributed by atoms with E-state index in [1.807, 2.05) is 0 Å². The van der Waals surface area contributed by atoms with Crippen LogP contribution in [0.2, 0.25) is 0 Å². The standard InChI is InChI=1S/2C2H2N5O2.Cu.2H2O/c2*3-1(8)2-4-5-6-7(2)9;;;/h2*(H2,3,8);;2*1H2/q2*-1;+2;;. The van der Waals surface area contributed by atoms with Crippen molar-refractivity contribution in [3.05, 3.63) is 22.1 Å². The zero-order valence-corrected chi connectivity index (χ0v) is 10.6. The van der Waals surface area contributed by atoms with E-state index in [9.17, 15) is 20.0 Å². The molecule has 2 heterocycles. The van der Waals surface area contributed by atoms with Crippen molar-refractivity contribution < 1.29 is 37.6 Å². The molecule has 8 N–H and O–H groups in total. The average Bonchev–Trinajstić information content (AvgIpc) is 2.87. The van der Waals surface area contributed by atoms with Crippen LogP contribution in [0.4, 0.5) is 0 Å². The first-order valence-corrected chi connectivity index (χ1v) is 3.95. The fourth-order valence-corrected chi connectivity index (χ4v) is 0.646. The number of tetrazole rings is 2. The Labute approximate surface area is 124 Å². The molecule has 0 unspecified atom stereocenters. The minimum Gasteiger partial charge on any atom is -0.787 e. The summed E-state index contributed by atoms with van der Waals surface area (Å²) in [7, 11) is 0. The van der Waals surface area contributed by atoms with Gasteiger partial charge >= 0.3 is 17.1 Å². The van der Waals surface area contributed by atoms with E-state index in [0.29, 0.717) is 0 Å². The summed E-state index contributed by atoms with van der Waals surface area (Å²) in [5.41, 5.74) is 9.31. The minimum atomic E-state index is -0.935. The summed E-state index contributed by atoms with van der Waals surface area (Å²) < 4.78 is 0. The molecule has 2 rings (SSSR count). The molecule has 0 aliphatic carbocycles. The van der Waals surface area contributed by atoms with Crippen molar-refractivity contribution in [1.29, 1.82) is 0 Å². The second kappa shape index (κ2) is 9.97. The fourth-order valence-electron chi connectivity index (χ4n) is 0.646. The Balaban J connectivity index is -0.000000270. The van der Waals surface area contributed by atoms with Gasteiger partial charge in [-0.05, 0) is 20.9 Å². The van der Waals surface area contributed by atoms with Crippen molar-refractivity contribution in [2.24, 2.45) is 11.5 Å². The number of hydrogen-bond donors (Lipinski definition) is 2. The van der Waals surface area contributed by atoms with Crippen LogP contribution in [0.5, 0.6) is 0 Å². The zero-order valence-electron chi connectivity index (χ0n) is 9.67. The summed E-state index contributed by atoms with van der Waals surface area (Å²) in [5.74, 6) is -2.85. The summed E-state index contributed by atoms with van der Waals surface area (Å²) in [4.78, 5) is 20.2. The second-order valence-electron chi connectivity index (χ2n) is 2.48. The van der Waals surface area contributed by atoms with Gasteiger partial charge < -0.3 is 32.8 Å². The molecule has 0 aromatic carbocycles. The summed E-state index contributed by atoms with van der Waals surface area (Å²) in [6, 6.07) is 0. The van der Waals surface area contributed by atoms with Crippen molar-refractivity contribution in [1.82, 2.24) is 40.7 Å². The molecule has 0 saturated carbocycles. The van der Waals surface area contributed by atoms with E-state index < -0.39 is 23.5 Å². The SMILES string of the molecule is NC(=O)c1nnnn1[O-].NC(=O)c1nnnn1[O-].O.O.[Cu+2]. The number of carbonyl (C=O) groups excluding carboxylic acids is 2. The van der Waals surface area contributed by atoms with Gasteiger partial charge in [0.25, 0.3) is 11.8 Å². The molecular weight excluding hydrogens is 348 g/mol. The third-order valence-corrected chi connectivity index (χ3v) is 1.32. The molecule has 2 aromatic heterocycles. The van der Waals surface area contributed by atoms with E-state index in [4.69, 9.17) is 0 Å². The molecule has 1 radical (unpaired) electrons. The van der Waals surface area contributed by atoms with Gasteiger partial charge in [0.05, 0.1) is 0 Å². The Hall–Kier alpha value is -2.88. The van der Waals surface area contributed by atoms with Crippen LogP contribution in [0.15, 0.2) is 0 Å². The van der Waals surface area contributed by atoms with Gasteiger partial charge in [-0.1, -0.05) is 0 Å². The molecule has 17 heteroatoms. The van der Waals surface area contributed by atoms with Gasteiger partial charge in [0, 0.05) is 0 Å². The monoisotopic (exact) mass is 355 g/mol. The number of hydrogen-bond acceptors (Lipinski definition) is 10. The van der Waals surface area contributed by atoms with E-state index in [0.717, 1.165) is 0 Å². The van der Waals surface area contributed by atoms with Gasteiger partial charge in [-0.2, -0.15) is 0 Å². The molecule has 0 atom stereocenters. The van der Waals surface area contributed by atoms with Gasteiger partial charge in [0.1, 0.15) is 0 Å². The quantitative estimate of drug-likeness (QED) is 0.481. The summed E-state index contributed by atoms with van der Waals surface area (Å²) in [6.07, 6.45) is 0. The Morgan fingerprint density at radius 3 is 1.24 bits per heavy atom. The Morgan fingerprint density at radius 2 is 1.14 bits per heavy atom. The smallest absolute Gasteiger partial charge is 0.787 e. The van der Waals surface area contributed by atoms with Crippen LogP contribution in [-0.4, -0.2) is 63.5 Å². The van der Waals surface area contributed by atoms with Gasteiger partial charge in [-0.3, -0.25) is 9.59 Å². The van der Waals surface area contributed by atoms with Gasteiger partial charge in [-0.15, -0.1) is 10.2 Å². The van der Waals surface area contributed by atoms with E-state index in [1.165, 1.54) is 0 Å². The fraction of sp³-hybridized carbons (Fsp3) is 0. The maximum absolute atomic E-state index is 10.2. The minimum absolute atomic E-state index is 0. The third kappa shape index (κ3) is 6.20. The molecule has 0 saturated heterocycles. The number of amides is 2. The largest absolute Gasteiger partial charge is 2.00 e. The van der Waals surface area contributed by atoms with Crippen LogP contribution in [0.1, 0.15) is 21.2 Å². The summed E-state index contributed by atoms with van der Waals surface area (Å²) >= 11 is 0. The van der Waals surface area contributed by atoms with Crippen molar-refractivity contribution >= 4 is 11.8 Å². The molecule has 2 aromatic rings. The van der Waals surface area contributed by atoms with E-state index in [2.05, 4.69) is 42.5 Å². The second-order valence-corrected chi connectivity index (χ2v) is 2.48. The Bertz CT molecular complexity index is 517. The third-order valence-electron chi connectivity index (χ3n) is 1.32. The van der Waals surface area contributed by atoms with Gasteiger partial charge in [0.2, 0.25) is 11.6 Å². The number of nitrogens with two attached hydrogens (primary N) is 2. The van der Waals surface area contributed by atoms with Crippen molar-refractivity contribution in [3.8, 4) is 0 Å². The molecule has 0 aliphatic heterocycles. The van der Waals surface area contributed by atoms with Gasteiger partial charge in [-0.25, -0.2) is 9.69 Å². The van der Waals surface area contributed by atoms with Crippen molar-refractivity contribution in [2.45, 2.75) is 0 Å². The molecule has 16 nitrogen and oxygen atoms in total. The van der Waals surface area contributed by atoms with Crippen LogP contribution < -0.4 is 11.5 Å². The number of nitrogens with zero attached hydrogens (tertiary/aromatic N) is 8. The Morgan fingerprint density at radius 1 is 0.857 bits per heavy atom. The van der Waals surface area contributed by atoms with E-state index in [-0.39, 0.29) is 37.7 Å². The molecule has 121 valence electrons. The summed E-state index contributed by atoms with van der Waals surface area (Å²) in [6.45, 7) is 0. The van der Waals surface area contributed by atoms with Gasteiger partial charge in [0.15, 0.2) is 0 Å². The normalized spacial score (nSPS) is 8.00. The molecule has 0 aliphatic rings. The molecule has 21 heavy (non-hydrogen) atoms. The van der Waals surface area contributed by atoms with Crippen LogP contribution in [0, 0.1) is 10.4 Å². The number of aromatic nitrogens is 8. The number of primary amides is 2. The van der Waals surface area contributed by atoms with E-state index >= 15 is 0 Å². The van der Waals surface area contributed by atoms with Crippen LogP contribution in [-0.2, 0) is 17.1 Å². The first-order valence-electron chi connectivity index (χ1n) is 3.95. The van der Waals surface area contributed by atoms with Crippen molar-refractivity contribution in [3.63, 3.8) is 0 Å². The van der Waals surface area contributed by atoms with Crippen LogP contribution in [0.3, 0.4) is 0 Å².